The van der Waals surface area contributed by atoms with E-state index in [0.717, 1.165) is 36.3 Å². The summed E-state index contributed by atoms with van der Waals surface area (Å²) in [5.74, 6) is 0.984. The van der Waals surface area contributed by atoms with Crippen LogP contribution >= 0.6 is 0 Å². The maximum Gasteiger partial charge on any atom is 0.248 e. The monoisotopic (exact) mass is 523 g/mol. The molecule has 0 aliphatic carbocycles. The Morgan fingerprint density at radius 2 is 1.76 bits per heavy atom. The summed E-state index contributed by atoms with van der Waals surface area (Å²) in [6.45, 7) is 8.45. The Hall–Kier alpha value is -2.94. The number of hydrogen-bond donors (Lipinski definition) is 3. The van der Waals surface area contributed by atoms with E-state index in [1.165, 1.54) is 0 Å². The van der Waals surface area contributed by atoms with Crippen molar-refractivity contribution < 1.29 is 24.5 Å². The van der Waals surface area contributed by atoms with E-state index in [0.29, 0.717) is 38.2 Å². The third-order valence-corrected chi connectivity index (χ3v) is 7.85. The number of rotatable bonds is 10. The van der Waals surface area contributed by atoms with Crippen LogP contribution in [0.5, 0.6) is 11.5 Å². The first-order valence-electron chi connectivity index (χ1n) is 13.8. The van der Waals surface area contributed by atoms with Gasteiger partial charge < -0.3 is 25.2 Å². The van der Waals surface area contributed by atoms with E-state index in [-0.39, 0.29) is 24.3 Å². The van der Waals surface area contributed by atoms with Crippen LogP contribution in [0.4, 0.5) is 0 Å². The number of amides is 2. The lowest BCUT2D eigenvalue weighted by molar-refractivity contribution is -0.165. The molecule has 2 fully saturated rings. The summed E-state index contributed by atoms with van der Waals surface area (Å²) < 4.78 is 5.92. The minimum Gasteiger partial charge on any atom is -0.457 e. The molecule has 2 amide bonds. The molecule has 0 radical (unpaired) electrons. The molecule has 206 valence electrons. The van der Waals surface area contributed by atoms with Gasteiger partial charge in [0.15, 0.2) is 0 Å². The molecular formula is C30H41N3O5. The van der Waals surface area contributed by atoms with Gasteiger partial charge in [-0.1, -0.05) is 51.5 Å². The molecule has 2 aromatic rings. The Bertz CT molecular complexity index is 1100. The number of piperazine rings is 1. The van der Waals surface area contributed by atoms with E-state index in [1.807, 2.05) is 62.4 Å². The molecule has 3 N–H and O–H groups in total. The van der Waals surface area contributed by atoms with Crippen LogP contribution in [-0.4, -0.2) is 69.1 Å². The lowest BCUT2D eigenvalue weighted by Gasteiger charge is -2.52. The summed E-state index contributed by atoms with van der Waals surface area (Å²) in [5.41, 5.74) is 1.09. The van der Waals surface area contributed by atoms with Crippen molar-refractivity contribution in [2.24, 2.45) is 5.92 Å². The Labute approximate surface area is 225 Å². The second-order valence-electron chi connectivity index (χ2n) is 10.9. The van der Waals surface area contributed by atoms with Crippen LogP contribution < -0.4 is 10.1 Å². The van der Waals surface area contributed by atoms with Crippen LogP contribution in [0, 0.1) is 5.92 Å². The summed E-state index contributed by atoms with van der Waals surface area (Å²) in [6, 6.07) is 14.5. The third kappa shape index (κ3) is 6.03. The van der Waals surface area contributed by atoms with Crippen LogP contribution in [-0.2, 0) is 22.7 Å². The van der Waals surface area contributed by atoms with E-state index >= 15 is 0 Å². The average molecular weight is 524 g/mol. The zero-order valence-corrected chi connectivity index (χ0v) is 22.7. The molecular weight excluding hydrogens is 482 g/mol. The molecule has 0 bridgehead atoms. The number of unbranched alkanes of at least 4 members (excludes halogenated alkanes) is 1. The van der Waals surface area contributed by atoms with Gasteiger partial charge in [0, 0.05) is 26.2 Å². The fourth-order valence-electron chi connectivity index (χ4n) is 5.44. The van der Waals surface area contributed by atoms with Gasteiger partial charge in [-0.15, -0.1) is 0 Å². The van der Waals surface area contributed by atoms with E-state index in [9.17, 15) is 19.8 Å². The predicted octanol–water partition coefficient (Wildman–Crippen LogP) is 3.45. The van der Waals surface area contributed by atoms with E-state index in [4.69, 9.17) is 4.74 Å². The Balaban J connectivity index is 1.39. The van der Waals surface area contributed by atoms with Gasteiger partial charge in [0.1, 0.15) is 23.1 Å². The molecule has 8 heteroatoms. The highest BCUT2D eigenvalue weighted by atomic mass is 16.5. The third-order valence-electron chi connectivity index (χ3n) is 7.85. The van der Waals surface area contributed by atoms with Gasteiger partial charge in [-0.2, -0.15) is 0 Å². The maximum absolute atomic E-state index is 13.5. The smallest absolute Gasteiger partial charge is 0.248 e. The number of ether oxygens (including phenoxy) is 1. The predicted molar refractivity (Wildman–Crippen MR) is 146 cm³/mol. The number of hydrogen-bond acceptors (Lipinski definition) is 6. The van der Waals surface area contributed by atoms with Crippen molar-refractivity contribution in [3.05, 3.63) is 59.7 Å². The zero-order chi connectivity index (χ0) is 27.3. The van der Waals surface area contributed by atoms with Gasteiger partial charge in [-0.3, -0.25) is 14.5 Å². The molecule has 4 rings (SSSR count). The summed E-state index contributed by atoms with van der Waals surface area (Å²) in [7, 11) is 0. The number of likely N-dealkylation sites (tertiary alicyclic amines) is 1. The van der Waals surface area contributed by atoms with Crippen LogP contribution in [0.15, 0.2) is 48.5 Å². The van der Waals surface area contributed by atoms with Crippen molar-refractivity contribution in [2.75, 3.05) is 19.6 Å². The van der Waals surface area contributed by atoms with Gasteiger partial charge in [0.05, 0.1) is 12.7 Å². The molecule has 8 nitrogen and oxygen atoms in total. The molecule has 2 saturated heterocycles. The van der Waals surface area contributed by atoms with Crippen molar-refractivity contribution in [1.29, 1.82) is 0 Å². The molecule has 0 unspecified atom stereocenters. The highest BCUT2D eigenvalue weighted by Crippen LogP contribution is 2.35. The second-order valence-corrected chi connectivity index (χ2v) is 10.9. The Morgan fingerprint density at radius 3 is 2.39 bits per heavy atom. The van der Waals surface area contributed by atoms with Gasteiger partial charge in [-0.05, 0) is 60.6 Å². The van der Waals surface area contributed by atoms with Gasteiger partial charge >= 0.3 is 0 Å². The van der Waals surface area contributed by atoms with Crippen LogP contribution in [0.3, 0.4) is 0 Å². The minimum atomic E-state index is -0.904. The second kappa shape index (κ2) is 12.3. The van der Waals surface area contributed by atoms with Gasteiger partial charge in [-0.25, -0.2) is 0 Å². The van der Waals surface area contributed by atoms with E-state index in [2.05, 4.69) is 17.1 Å². The van der Waals surface area contributed by atoms with Crippen LogP contribution in [0.25, 0.3) is 0 Å². The molecule has 2 heterocycles. The highest BCUT2D eigenvalue weighted by molar-refractivity contribution is 6.00. The molecule has 38 heavy (non-hydrogen) atoms. The van der Waals surface area contributed by atoms with Crippen molar-refractivity contribution in [3.8, 4) is 11.5 Å². The number of nitrogens with one attached hydrogen (secondary N) is 1. The Kier molecular flexibility index (Phi) is 9.07. The summed E-state index contributed by atoms with van der Waals surface area (Å²) in [4.78, 5) is 31.0. The average Bonchev–Trinajstić information content (AvgIpc) is 2.92. The molecule has 2 aliphatic heterocycles. The first-order valence-corrected chi connectivity index (χ1v) is 13.8. The minimum absolute atomic E-state index is 0.0279. The number of carbonyl (C=O) groups is 2. The summed E-state index contributed by atoms with van der Waals surface area (Å²) >= 11 is 0. The Morgan fingerprint density at radius 1 is 1.05 bits per heavy atom. The van der Waals surface area contributed by atoms with E-state index < -0.39 is 17.7 Å². The first kappa shape index (κ1) is 28.1. The lowest BCUT2D eigenvalue weighted by Crippen LogP contribution is -2.74. The molecule has 2 atom stereocenters. The number of carbonyl (C=O) groups excluding carboxylic acids is 2. The van der Waals surface area contributed by atoms with Crippen LogP contribution in [0.2, 0.25) is 0 Å². The normalized spacial score (nSPS) is 20.6. The van der Waals surface area contributed by atoms with Gasteiger partial charge in [0.25, 0.3) is 0 Å². The molecule has 0 saturated carbocycles. The number of benzene rings is 2. The van der Waals surface area contributed by atoms with Crippen molar-refractivity contribution >= 4 is 11.8 Å². The topological polar surface area (TPSA) is 102 Å². The largest absolute Gasteiger partial charge is 0.457 e. The number of piperidine rings is 1. The molecule has 0 aromatic heterocycles. The molecule has 2 aromatic carbocycles. The zero-order valence-electron chi connectivity index (χ0n) is 22.7. The van der Waals surface area contributed by atoms with Crippen molar-refractivity contribution in [3.63, 3.8) is 0 Å². The first-order chi connectivity index (χ1) is 18.3. The highest BCUT2D eigenvalue weighted by Gasteiger charge is 2.54. The molecule has 1 spiro atoms. The molecule has 2 aliphatic rings. The SMILES string of the molecule is CCCCN1C(=O)[C@@H]([C@H](O)C(C)C)NC(=O)C12CCN(Cc1ccc(Oc3cccc(CO)c3)cc1)CC2. The summed E-state index contributed by atoms with van der Waals surface area (Å²) in [6.07, 6.45) is 1.99. The van der Waals surface area contributed by atoms with Gasteiger partial charge in [0.2, 0.25) is 11.8 Å². The van der Waals surface area contributed by atoms with Crippen molar-refractivity contribution in [2.45, 2.75) is 77.3 Å². The fourth-order valence-corrected chi connectivity index (χ4v) is 5.44. The fraction of sp³-hybridized carbons (Fsp3) is 0.533. The maximum atomic E-state index is 13.5. The number of aliphatic hydroxyl groups is 2. The number of aliphatic hydroxyl groups excluding tert-OH is 2. The number of nitrogens with zero attached hydrogens (tertiary/aromatic N) is 2. The van der Waals surface area contributed by atoms with E-state index in [1.54, 1.807) is 4.90 Å². The quantitative estimate of drug-likeness (QED) is 0.441. The standard InChI is InChI=1S/C30H41N3O5/c1-4-5-15-33-28(36)26(27(35)21(2)3)31-29(37)30(33)13-16-32(17-14-30)19-22-9-11-24(12-10-22)38-25-8-6-7-23(18-25)20-34/h6-12,18,21,26-27,34-35H,4-5,13-17,19-20H2,1-3H3,(H,31,37)/t26-,27-/m1/s1. The van der Waals surface area contributed by atoms with Crippen molar-refractivity contribution in [1.82, 2.24) is 15.1 Å². The van der Waals surface area contributed by atoms with Crippen LogP contribution in [0.1, 0.15) is 57.6 Å². The lowest BCUT2D eigenvalue weighted by atomic mass is 9.80. The summed E-state index contributed by atoms with van der Waals surface area (Å²) in [5, 5.41) is 22.8.